The van der Waals surface area contributed by atoms with Gasteiger partial charge in [0.1, 0.15) is 11.9 Å². The Morgan fingerprint density at radius 3 is 2.20 bits per heavy atom. The fourth-order valence-electron chi connectivity index (χ4n) is 4.23. The molecule has 5 unspecified atom stereocenters. The predicted molar refractivity (Wildman–Crippen MR) is 101 cm³/mol. The van der Waals surface area contributed by atoms with Crippen molar-refractivity contribution in [3.63, 3.8) is 0 Å². The van der Waals surface area contributed by atoms with E-state index in [1.807, 2.05) is 0 Å². The lowest BCUT2D eigenvalue weighted by molar-refractivity contribution is -0.135. The molecule has 142 valence electrons. The van der Waals surface area contributed by atoms with Crippen molar-refractivity contribution < 1.29 is 15.0 Å². The lowest BCUT2D eigenvalue weighted by Gasteiger charge is -2.29. The SMILES string of the molecule is CCCCCCCCCCCCC(O)C#CC1CC2C(=O)CC2C1O. The number of fused-ring (bicyclic) bond motifs is 1. The molecular formula is C22H36O3. The van der Waals surface area contributed by atoms with Crippen LogP contribution in [0.2, 0.25) is 0 Å². The van der Waals surface area contributed by atoms with Gasteiger partial charge in [0, 0.05) is 24.2 Å². The number of unbranched alkanes of at least 4 members (excludes halogenated alkanes) is 9. The van der Waals surface area contributed by atoms with Crippen LogP contribution in [0.5, 0.6) is 0 Å². The third kappa shape index (κ3) is 6.42. The molecule has 2 aliphatic carbocycles. The number of aliphatic hydroxyl groups excluding tert-OH is 2. The van der Waals surface area contributed by atoms with Gasteiger partial charge in [0.05, 0.1) is 6.10 Å². The van der Waals surface area contributed by atoms with Gasteiger partial charge in [0.2, 0.25) is 0 Å². The predicted octanol–water partition coefficient (Wildman–Crippen LogP) is 4.25. The minimum Gasteiger partial charge on any atom is -0.392 e. The first kappa shape index (κ1) is 20.5. The molecule has 2 N–H and O–H groups in total. The summed E-state index contributed by atoms with van der Waals surface area (Å²) in [7, 11) is 0. The summed E-state index contributed by atoms with van der Waals surface area (Å²) in [5, 5.41) is 20.1. The highest BCUT2D eigenvalue weighted by Gasteiger charge is 2.52. The average molecular weight is 349 g/mol. The first-order chi connectivity index (χ1) is 12.1. The second kappa shape index (κ2) is 11.0. The number of Topliss-reactive ketones (excluding diaryl/α,β-unsaturated/α-hetero) is 1. The monoisotopic (exact) mass is 348 g/mol. The zero-order chi connectivity index (χ0) is 18.1. The van der Waals surface area contributed by atoms with E-state index in [0.717, 1.165) is 12.8 Å². The van der Waals surface area contributed by atoms with Crippen molar-refractivity contribution in [2.45, 2.75) is 103 Å². The Labute approximate surface area is 153 Å². The number of hydrogen-bond acceptors (Lipinski definition) is 3. The zero-order valence-electron chi connectivity index (χ0n) is 15.9. The van der Waals surface area contributed by atoms with Gasteiger partial charge in [-0.05, 0) is 19.3 Å². The topological polar surface area (TPSA) is 57.5 Å². The smallest absolute Gasteiger partial charge is 0.136 e. The number of aliphatic hydroxyl groups is 2. The van der Waals surface area contributed by atoms with Crippen LogP contribution in [0, 0.1) is 29.6 Å². The molecule has 0 aromatic carbocycles. The van der Waals surface area contributed by atoms with Crippen molar-refractivity contribution in [2.24, 2.45) is 17.8 Å². The van der Waals surface area contributed by atoms with Crippen molar-refractivity contribution in [3.8, 4) is 11.8 Å². The van der Waals surface area contributed by atoms with Crippen molar-refractivity contribution in [2.75, 3.05) is 0 Å². The molecule has 0 saturated heterocycles. The Kier molecular flexibility index (Phi) is 8.99. The van der Waals surface area contributed by atoms with Crippen LogP contribution >= 0.6 is 0 Å². The van der Waals surface area contributed by atoms with Gasteiger partial charge in [-0.1, -0.05) is 76.6 Å². The van der Waals surface area contributed by atoms with Crippen LogP contribution in [0.3, 0.4) is 0 Å². The maximum atomic E-state index is 11.4. The van der Waals surface area contributed by atoms with Gasteiger partial charge in [-0.2, -0.15) is 0 Å². The molecule has 0 spiro atoms. The van der Waals surface area contributed by atoms with Crippen LogP contribution in [0.1, 0.15) is 90.4 Å². The van der Waals surface area contributed by atoms with Crippen molar-refractivity contribution in [1.29, 1.82) is 0 Å². The van der Waals surface area contributed by atoms with Crippen LogP contribution in [0.4, 0.5) is 0 Å². The molecule has 2 aliphatic rings. The lowest BCUT2D eigenvalue weighted by Crippen LogP contribution is -2.38. The maximum absolute atomic E-state index is 11.4. The highest BCUT2D eigenvalue weighted by atomic mass is 16.3. The van der Waals surface area contributed by atoms with Crippen LogP contribution < -0.4 is 0 Å². The molecule has 0 radical (unpaired) electrons. The van der Waals surface area contributed by atoms with Crippen molar-refractivity contribution >= 4 is 5.78 Å². The van der Waals surface area contributed by atoms with Gasteiger partial charge in [-0.15, -0.1) is 0 Å². The second-order valence-corrected chi connectivity index (χ2v) is 8.05. The van der Waals surface area contributed by atoms with E-state index in [0.29, 0.717) is 12.8 Å². The number of carbonyl (C=O) groups excluding carboxylic acids is 1. The fraction of sp³-hybridized carbons (Fsp3) is 0.864. The van der Waals surface area contributed by atoms with Gasteiger partial charge < -0.3 is 10.2 Å². The Morgan fingerprint density at radius 1 is 1.04 bits per heavy atom. The molecule has 0 heterocycles. The largest absolute Gasteiger partial charge is 0.392 e. The summed E-state index contributed by atoms with van der Waals surface area (Å²) in [5.41, 5.74) is 0. The maximum Gasteiger partial charge on any atom is 0.136 e. The molecule has 0 aromatic heterocycles. The highest BCUT2D eigenvalue weighted by molar-refractivity contribution is 5.88. The molecule has 3 heteroatoms. The average Bonchev–Trinajstić information content (AvgIpc) is 2.85. The molecule has 0 amide bonds. The summed E-state index contributed by atoms with van der Waals surface area (Å²) in [6.45, 7) is 2.25. The van der Waals surface area contributed by atoms with Crippen LogP contribution in [-0.2, 0) is 4.79 Å². The van der Waals surface area contributed by atoms with Crippen molar-refractivity contribution in [1.82, 2.24) is 0 Å². The van der Waals surface area contributed by atoms with Gasteiger partial charge in [-0.3, -0.25) is 4.79 Å². The third-order valence-electron chi connectivity index (χ3n) is 5.99. The molecule has 0 aromatic rings. The summed E-state index contributed by atoms with van der Waals surface area (Å²) in [6.07, 6.45) is 13.7. The first-order valence-electron chi connectivity index (χ1n) is 10.5. The number of hydrogen-bond donors (Lipinski definition) is 2. The normalized spacial score (nSPS) is 28.8. The van der Waals surface area contributed by atoms with Crippen LogP contribution in [0.25, 0.3) is 0 Å². The van der Waals surface area contributed by atoms with Gasteiger partial charge >= 0.3 is 0 Å². The molecule has 0 aliphatic heterocycles. The quantitative estimate of drug-likeness (QED) is 0.433. The summed E-state index contributed by atoms with van der Waals surface area (Å²) >= 11 is 0. The molecule has 5 atom stereocenters. The second-order valence-electron chi connectivity index (χ2n) is 8.05. The van der Waals surface area contributed by atoms with Crippen molar-refractivity contribution in [3.05, 3.63) is 0 Å². The highest BCUT2D eigenvalue weighted by Crippen LogP contribution is 2.47. The minimum atomic E-state index is -0.588. The van der Waals surface area contributed by atoms with E-state index in [4.69, 9.17) is 0 Å². The summed E-state index contributed by atoms with van der Waals surface area (Å²) in [6, 6.07) is 0. The Balaban J connectivity index is 1.48. The number of rotatable bonds is 11. The van der Waals surface area contributed by atoms with E-state index in [1.54, 1.807) is 0 Å². The van der Waals surface area contributed by atoms with E-state index >= 15 is 0 Å². The molecule has 0 bridgehead atoms. The molecule has 25 heavy (non-hydrogen) atoms. The minimum absolute atomic E-state index is 0.0356. The standard InChI is InChI=1S/C22H36O3/c1-2-3-4-5-6-7-8-9-10-11-12-18(23)14-13-17-15-19-20(22(17)25)16-21(19)24/h17-20,22-23,25H,2-12,15-16H2,1H3. The Morgan fingerprint density at radius 2 is 1.64 bits per heavy atom. The van der Waals surface area contributed by atoms with Gasteiger partial charge in [-0.25, -0.2) is 0 Å². The van der Waals surface area contributed by atoms with E-state index in [9.17, 15) is 15.0 Å². The Bertz CT molecular complexity index is 462. The molecule has 2 rings (SSSR count). The number of ketones is 1. The van der Waals surface area contributed by atoms with Gasteiger partial charge in [0.15, 0.2) is 0 Å². The zero-order valence-corrected chi connectivity index (χ0v) is 15.9. The third-order valence-corrected chi connectivity index (χ3v) is 5.99. The van der Waals surface area contributed by atoms with E-state index < -0.39 is 12.2 Å². The van der Waals surface area contributed by atoms with E-state index in [2.05, 4.69) is 18.8 Å². The first-order valence-corrected chi connectivity index (χ1v) is 10.5. The molecule has 2 fully saturated rings. The van der Waals surface area contributed by atoms with Crippen LogP contribution in [0.15, 0.2) is 0 Å². The van der Waals surface area contributed by atoms with E-state index in [-0.39, 0.29) is 23.5 Å². The van der Waals surface area contributed by atoms with Crippen LogP contribution in [-0.4, -0.2) is 28.2 Å². The molecule has 2 saturated carbocycles. The summed E-state index contributed by atoms with van der Waals surface area (Å²) in [5.74, 6) is 6.26. The lowest BCUT2D eigenvalue weighted by atomic mass is 9.74. The van der Waals surface area contributed by atoms with E-state index in [1.165, 1.54) is 57.8 Å². The Hall–Kier alpha value is -0.850. The molecular weight excluding hydrogens is 312 g/mol. The summed E-state index contributed by atoms with van der Waals surface area (Å²) < 4.78 is 0. The number of carbonyl (C=O) groups is 1. The fourth-order valence-corrected chi connectivity index (χ4v) is 4.23. The summed E-state index contributed by atoms with van der Waals surface area (Å²) in [4.78, 5) is 11.4. The molecule has 3 nitrogen and oxygen atoms in total. The van der Waals surface area contributed by atoms with Gasteiger partial charge in [0.25, 0.3) is 0 Å².